The van der Waals surface area contributed by atoms with Crippen molar-refractivity contribution >= 4 is 11.8 Å². The summed E-state index contributed by atoms with van der Waals surface area (Å²) in [6.07, 6.45) is 3.33. The minimum Gasteiger partial charge on any atom is -0.467 e. The smallest absolute Gasteiger partial charge is 0.251 e. The number of rotatable bonds is 6. The Morgan fingerprint density at radius 1 is 1.08 bits per heavy atom. The number of hydrogen-bond acceptors (Lipinski definition) is 4. The number of nitrogens with one attached hydrogen (secondary N) is 3. The van der Waals surface area contributed by atoms with Crippen molar-refractivity contribution in [3.05, 3.63) is 59.5 Å². The molecule has 1 aromatic carbocycles. The number of carbonyl (C=O) groups excluding carboxylic acids is 2. The van der Waals surface area contributed by atoms with Crippen LogP contribution in [0.2, 0.25) is 0 Å². The molecule has 1 aliphatic rings. The Morgan fingerprint density at radius 3 is 2.68 bits per heavy atom. The molecule has 1 fully saturated rings. The molecule has 2 aromatic rings. The first kappa shape index (κ1) is 17.2. The van der Waals surface area contributed by atoms with E-state index in [1.165, 1.54) is 0 Å². The van der Waals surface area contributed by atoms with Crippen molar-refractivity contribution in [3.8, 4) is 0 Å². The lowest BCUT2D eigenvalue weighted by Crippen LogP contribution is -2.37. The predicted molar refractivity (Wildman–Crippen MR) is 93.8 cm³/mol. The van der Waals surface area contributed by atoms with Crippen LogP contribution in [0.5, 0.6) is 0 Å². The fourth-order valence-corrected chi connectivity index (χ4v) is 2.92. The van der Waals surface area contributed by atoms with E-state index in [-0.39, 0.29) is 17.7 Å². The lowest BCUT2D eigenvalue weighted by Gasteiger charge is -2.21. The van der Waals surface area contributed by atoms with Crippen LogP contribution < -0.4 is 16.0 Å². The summed E-state index contributed by atoms with van der Waals surface area (Å²) >= 11 is 0. The molecule has 1 aliphatic heterocycles. The summed E-state index contributed by atoms with van der Waals surface area (Å²) in [6.45, 7) is 2.57. The third kappa shape index (κ3) is 4.93. The lowest BCUT2D eigenvalue weighted by atomic mass is 9.97. The molecule has 132 valence electrons. The van der Waals surface area contributed by atoms with Gasteiger partial charge in [-0.15, -0.1) is 0 Å². The van der Waals surface area contributed by atoms with Crippen molar-refractivity contribution < 1.29 is 14.0 Å². The summed E-state index contributed by atoms with van der Waals surface area (Å²) in [5, 5.41) is 9.05. The summed E-state index contributed by atoms with van der Waals surface area (Å²) in [6, 6.07) is 10.9. The molecule has 0 radical (unpaired) electrons. The summed E-state index contributed by atoms with van der Waals surface area (Å²) < 4.78 is 5.20. The van der Waals surface area contributed by atoms with Gasteiger partial charge in [0.05, 0.1) is 12.8 Å². The highest BCUT2D eigenvalue weighted by Crippen LogP contribution is 2.12. The molecule has 6 heteroatoms. The third-order valence-electron chi connectivity index (χ3n) is 4.37. The molecular weight excluding hydrogens is 318 g/mol. The molecule has 0 atom stereocenters. The van der Waals surface area contributed by atoms with Gasteiger partial charge in [0.25, 0.3) is 5.91 Å². The van der Waals surface area contributed by atoms with Crippen molar-refractivity contribution in [2.24, 2.45) is 5.92 Å². The average molecular weight is 341 g/mol. The molecule has 0 aliphatic carbocycles. The van der Waals surface area contributed by atoms with Crippen molar-refractivity contribution in [2.45, 2.75) is 25.9 Å². The van der Waals surface area contributed by atoms with Crippen LogP contribution in [-0.4, -0.2) is 24.9 Å². The van der Waals surface area contributed by atoms with Crippen molar-refractivity contribution in [3.63, 3.8) is 0 Å². The molecule has 0 unspecified atom stereocenters. The van der Waals surface area contributed by atoms with Crippen LogP contribution in [0.1, 0.15) is 34.5 Å². The van der Waals surface area contributed by atoms with E-state index >= 15 is 0 Å². The Hall–Kier alpha value is -2.60. The molecule has 25 heavy (non-hydrogen) atoms. The molecule has 1 aromatic heterocycles. The van der Waals surface area contributed by atoms with E-state index in [2.05, 4.69) is 16.0 Å². The highest BCUT2D eigenvalue weighted by atomic mass is 16.3. The number of furan rings is 1. The van der Waals surface area contributed by atoms with Gasteiger partial charge in [-0.3, -0.25) is 9.59 Å². The zero-order chi connectivity index (χ0) is 17.5. The number of amides is 2. The highest BCUT2D eigenvalue weighted by molar-refractivity contribution is 5.94. The maximum absolute atomic E-state index is 12.2. The first-order valence-corrected chi connectivity index (χ1v) is 8.60. The number of hydrogen-bond donors (Lipinski definition) is 3. The zero-order valence-electron chi connectivity index (χ0n) is 14.1. The maximum atomic E-state index is 12.2. The second-order valence-electron chi connectivity index (χ2n) is 6.20. The van der Waals surface area contributed by atoms with Gasteiger partial charge in [0, 0.05) is 18.0 Å². The molecule has 3 N–H and O–H groups in total. The van der Waals surface area contributed by atoms with E-state index in [0.29, 0.717) is 24.4 Å². The zero-order valence-corrected chi connectivity index (χ0v) is 14.1. The molecule has 2 amide bonds. The second kappa shape index (κ2) is 8.48. The Balaban J connectivity index is 1.51. The van der Waals surface area contributed by atoms with Crippen molar-refractivity contribution in [2.75, 3.05) is 13.1 Å². The quantitative estimate of drug-likeness (QED) is 0.748. The van der Waals surface area contributed by atoms with E-state index in [9.17, 15) is 9.59 Å². The lowest BCUT2D eigenvalue weighted by molar-refractivity contribution is -0.125. The summed E-state index contributed by atoms with van der Waals surface area (Å²) in [7, 11) is 0. The van der Waals surface area contributed by atoms with Gasteiger partial charge in [-0.2, -0.15) is 0 Å². The molecule has 1 saturated heterocycles. The Bertz CT molecular complexity index is 706. The standard InChI is InChI=1S/C19H23N3O3/c23-18(15-6-8-20-9-7-15)21-12-14-3-1-4-16(11-14)19(24)22-13-17-5-2-10-25-17/h1-5,10-11,15,20H,6-9,12-13H2,(H,21,23)(H,22,24). The minimum absolute atomic E-state index is 0.0843. The van der Waals surface area contributed by atoms with Crippen LogP contribution in [0.3, 0.4) is 0 Å². The minimum atomic E-state index is -0.164. The Labute approximate surface area is 147 Å². The van der Waals surface area contributed by atoms with Gasteiger partial charge in [-0.1, -0.05) is 12.1 Å². The van der Waals surface area contributed by atoms with Gasteiger partial charge in [0.2, 0.25) is 5.91 Å². The highest BCUT2D eigenvalue weighted by Gasteiger charge is 2.20. The van der Waals surface area contributed by atoms with Gasteiger partial charge < -0.3 is 20.4 Å². The van der Waals surface area contributed by atoms with Crippen LogP contribution >= 0.6 is 0 Å². The van der Waals surface area contributed by atoms with E-state index in [1.807, 2.05) is 18.2 Å². The van der Waals surface area contributed by atoms with Crippen LogP contribution in [0.25, 0.3) is 0 Å². The first-order chi connectivity index (χ1) is 12.2. The SMILES string of the molecule is O=C(NCc1ccco1)c1cccc(CNC(=O)C2CCNCC2)c1. The van der Waals surface area contributed by atoms with Gasteiger partial charge in [-0.25, -0.2) is 0 Å². The van der Waals surface area contributed by atoms with Crippen LogP contribution in [0.15, 0.2) is 47.1 Å². The van der Waals surface area contributed by atoms with E-state index in [4.69, 9.17) is 4.42 Å². The van der Waals surface area contributed by atoms with Crippen LogP contribution in [-0.2, 0) is 17.9 Å². The number of benzene rings is 1. The van der Waals surface area contributed by atoms with E-state index in [0.717, 1.165) is 31.5 Å². The Kier molecular flexibility index (Phi) is 5.85. The summed E-state index contributed by atoms with van der Waals surface area (Å²) in [5.74, 6) is 0.719. The van der Waals surface area contributed by atoms with Gasteiger partial charge >= 0.3 is 0 Å². The van der Waals surface area contributed by atoms with Gasteiger partial charge in [-0.05, 0) is 55.8 Å². The van der Waals surface area contributed by atoms with Gasteiger partial charge in [0.1, 0.15) is 5.76 Å². The maximum Gasteiger partial charge on any atom is 0.251 e. The molecular formula is C19H23N3O3. The fraction of sp³-hybridized carbons (Fsp3) is 0.368. The first-order valence-electron chi connectivity index (χ1n) is 8.60. The number of piperidine rings is 1. The molecule has 0 spiro atoms. The Morgan fingerprint density at radius 2 is 1.92 bits per heavy atom. The topological polar surface area (TPSA) is 83.4 Å². The molecule has 0 saturated carbocycles. The number of carbonyl (C=O) groups is 2. The van der Waals surface area contributed by atoms with Crippen LogP contribution in [0, 0.1) is 5.92 Å². The summed E-state index contributed by atoms with van der Waals surface area (Å²) in [4.78, 5) is 24.4. The molecule has 3 rings (SSSR count). The van der Waals surface area contributed by atoms with Crippen molar-refractivity contribution in [1.82, 2.24) is 16.0 Å². The van der Waals surface area contributed by atoms with E-state index in [1.54, 1.807) is 24.5 Å². The van der Waals surface area contributed by atoms with Crippen LogP contribution in [0.4, 0.5) is 0 Å². The molecule has 0 bridgehead atoms. The second-order valence-corrected chi connectivity index (χ2v) is 6.20. The van der Waals surface area contributed by atoms with Gasteiger partial charge in [0.15, 0.2) is 0 Å². The van der Waals surface area contributed by atoms with E-state index < -0.39 is 0 Å². The third-order valence-corrected chi connectivity index (χ3v) is 4.37. The molecule has 2 heterocycles. The average Bonchev–Trinajstić information content (AvgIpc) is 3.19. The fourth-order valence-electron chi connectivity index (χ4n) is 2.92. The normalized spacial score (nSPS) is 14.9. The largest absolute Gasteiger partial charge is 0.467 e. The molecule has 6 nitrogen and oxygen atoms in total. The summed E-state index contributed by atoms with van der Waals surface area (Å²) in [5.41, 5.74) is 1.48. The predicted octanol–water partition coefficient (Wildman–Crippen LogP) is 1.83. The van der Waals surface area contributed by atoms with Crippen molar-refractivity contribution in [1.29, 1.82) is 0 Å². The monoisotopic (exact) mass is 341 g/mol.